The van der Waals surface area contributed by atoms with Crippen molar-refractivity contribution in [1.29, 1.82) is 0 Å². The van der Waals surface area contributed by atoms with E-state index in [2.05, 4.69) is 6.92 Å². The number of carbonyl (C=O) groups is 1. The number of amides is 1. The molecule has 13 heavy (non-hydrogen) atoms. The fraction of sp³-hybridized carbons (Fsp3) is 0.700. The Kier molecular flexibility index (Phi) is 3.09. The zero-order valence-corrected chi connectivity index (χ0v) is 8.76. The third kappa shape index (κ3) is 1.61. The first-order valence-electron chi connectivity index (χ1n) is 4.64. The molecule has 0 saturated carbocycles. The van der Waals surface area contributed by atoms with E-state index in [0.717, 1.165) is 24.1 Å². The van der Waals surface area contributed by atoms with Gasteiger partial charge in [0.2, 0.25) is 0 Å². The summed E-state index contributed by atoms with van der Waals surface area (Å²) in [5.41, 5.74) is 1.88. The van der Waals surface area contributed by atoms with Gasteiger partial charge in [-0.15, -0.1) is 0 Å². The van der Waals surface area contributed by atoms with E-state index in [1.807, 2.05) is 13.8 Å². The number of methoxy groups -OCH3 is 1. The zero-order chi connectivity index (χ0) is 10.0. The van der Waals surface area contributed by atoms with Crippen LogP contribution < -0.4 is 0 Å². The molecule has 1 heterocycles. The van der Waals surface area contributed by atoms with Crippen LogP contribution in [0.15, 0.2) is 11.1 Å². The monoisotopic (exact) mass is 183 g/mol. The van der Waals surface area contributed by atoms with E-state index in [1.54, 1.807) is 12.0 Å². The molecule has 0 saturated heterocycles. The molecular formula is C10H17NO2. The summed E-state index contributed by atoms with van der Waals surface area (Å²) < 4.78 is 5.28. The van der Waals surface area contributed by atoms with Crippen LogP contribution >= 0.6 is 0 Å². The van der Waals surface area contributed by atoms with Crippen LogP contribution in [0.2, 0.25) is 0 Å². The van der Waals surface area contributed by atoms with E-state index < -0.39 is 0 Å². The van der Waals surface area contributed by atoms with Gasteiger partial charge in [-0.05, 0) is 25.8 Å². The molecule has 0 N–H and O–H groups in total. The molecule has 0 aliphatic carbocycles. The van der Waals surface area contributed by atoms with Gasteiger partial charge < -0.3 is 9.64 Å². The summed E-state index contributed by atoms with van der Waals surface area (Å²) in [5.74, 6) is 0.117. The minimum absolute atomic E-state index is 0.117. The minimum Gasteiger partial charge on any atom is -0.358 e. The van der Waals surface area contributed by atoms with Gasteiger partial charge in [0.25, 0.3) is 5.91 Å². The Balaban J connectivity index is 2.85. The van der Waals surface area contributed by atoms with Gasteiger partial charge in [-0.1, -0.05) is 6.92 Å². The van der Waals surface area contributed by atoms with E-state index in [0.29, 0.717) is 0 Å². The summed E-state index contributed by atoms with van der Waals surface area (Å²) in [7, 11) is 1.64. The molecule has 0 aromatic carbocycles. The van der Waals surface area contributed by atoms with Crippen molar-refractivity contribution < 1.29 is 9.53 Å². The molecule has 0 unspecified atom stereocenters. The molecule has 1 rings (SSSR count). The maximum Gasteiger partial charge on any atom is 0.251 e. The lowest BCUT2D eigenvalue weighted by molar-refractivity contribution is -0.133. The van der Waals surface area contributed by atoms with Gasteiger partial charge in [0.15, 0.2) is 6.23 Å². The van der Waals surface area contributed by atoms with E-state index >= 15 is 0 Å². The van der Waals surface area contributed by atoms with Crippen LogP contribution in [0.1, 0.15) is 27.2 Å². The van der Waals surface area contributed by atoms with E-state index in [4.69, 9.17) is 4.74 Å². The summed E-state index contributed by atoms with van der Waals surface area (Å²) in [5, 5.41) is 0. The van der Waals surface area contributed by atoms with Crippen molar-refractivity contribution in [2.24, 2.45) is 0 Å². The number of hydrogen-bond acceptors (Lipinski definition) is 2. The average molecular weight is 183 g/mol. The van der Waals surface area contributed by atoms with E-state index in [1.165, 1.54) is 0 Å². The highest BCUT2D eigenvalue weighted by Gasteiger charge is 2.33. The van der Waals surface area contributed by atoms with Crippen LogP contribution in [0.4, 0.5) is 0 Å². The third-order valence-electron chi connectivity index (χ3n) is 2.51. The Morgan fingerprint density at radius 3 is 2.54 bits per heavy atom. The van der Waals surface area contributed by atoms with Crippen molar-refractivity contribution in [3.8, 4) is 0 Å². The van der Waals surface area contributed by atoms with Crippen LogP contribution in [0, 0.1) is 0 Å². The molecule has 3 heteroatoms. The van der Waals surface area contributed by atoms with Crippen molar-refractivity contribution in [3.05, 3.63) is 11.1 Å². The van der Waals surface area contributed by atoms with Crippen molar-refractivity contribution in [3.63, 3.8) is 0 Å². The molecule has 1 atom stereocenters. The maximum absolute atomic E-state index is 11.7. The largest absolute Gasteiger partial charge is 0.358 e. The SMILES string of the molecule is CCCN1C(=O)C(C)=C(C)[C@@H]1OC. The Labute approximate surface area is 79.4 Å². The van der Waals surface area contributed by atoms with Crippen LogP contribution in [-0.2, 0) is 9.53 Å². The Morgan fingerprint density at radius 2 is 2.08 bits per heavy atom. The van der Waals surface area contributed by atoms with Gasteiger partial charge in [-0.3, -0.25) is 4.79 Å². The number of carbonyl (C=O) groups excluding carboxylic acids is 1. The molecule has 1 aliphatic heterocycles. The fourth-order valence-corrected chi connectivity index (χ4v) is 1.67. The predicted molar refractivity (Wildman–Crippen MR) is 51.2 cm³/mol. The summed E-state index contributed by atoms with van der Waals surface area (Å²) in [6.45, 7) is 6.64. The van der Waals surface area contributed by atoms with Gasteiger partial charge in [0, 0.05) is 19.2 Å². The highest BCUT2D eigenvalue weighted by molar-refractivity contribution is 5.96. The number of nitrogens with zero attached hydrogens (tertiary/aromatic N) is 1. The lowest BCUT2D eigenvalue weighted by Crippen LogP contribution is -2.37. The molecule has 0 aromatic rings. The maximum atomic E-state index is 11.7. The third-order valence-corrected chi connectivity index (χ3v) is 2.51. The van der Waals surface area contributed by atoms with Crippen molar-refractivity contribution in [2.75, 3.05) is 13.7 Å². The normalized spacial score (nSPS) is 23.2. The first-order chi connectivity index (χ1) is 6.13. The smallest absolute Gasteiger partial charge is 0.251 e. The van der Waals surface area contributed by atoms with Gasteiger partial charge in [0.05, 0.1) is 0 Å². The molecule has 0 aromatic heterocycles. The molecule has 1 aliphatic rings. The van der Waals surface area contributed by atoms with E-state index in [9.17, 15) is 4.79 Å². The number of ether oxygens (including phenoxy) is 1. The highest BCUT2D eigenvalue weighted by atomic mass is 16.5. The standard InChI is InChI=1S/C10H17NO2/c1-5-6-11-9(12)7(2)8(3)10(11)13-4/h10H,5-6H2,1-4H3/t10-/m0/s1. The molecule has 0 spiro atoms. The molecule has 0 radical (unpaired) electrons. The average Bonchev–Trinajstić information content (AvgIpc) is 2.32. The van der Waals surface area contributed by atoms with Crippen LogP contribution in [0.25, 0.3) is 0 Å². The van der Waals surface area contributed by atoms with Crippen LogP contribution in [0.5, 0.6) is 0 Å². The van der Waals surface area contributed by atoms with Crippen LogP contribution in [-0.4, -0.2) is 30.7 Å². The first kappa shape index (κ1) is 10.3. The highest BCUT2D eigenvalue weighted by Crippen LogP contribution is 2.25. The second-order valence-electron chi connectivity index (χ2n) is 3.39. The summed E-state index contributed by atoms with van der Waals surface area (Å²) >= 11 is 0. The fourth-order valence-electron chi connectivity index (χ4n) is 1.67. The van der Waals surface area contributed by atoms with Crippen LogP contribution in [0.3, 0.4) is 0 Å². The lowest BCUT2D eigenvalue weighted by Gasteiger charge is -2.24. The quantitative estimate of drug-likeness (QED) is 0.664. The summed E-state index contributed by atoms with van der Waals surface area (Å²) in [6, 6.07) is 0. The Hall–Kier alpha value is -0.830. The lowest BCUT2D eigenvalue weighted by atomic mass is 10.2. The minimum atomic E-state index is -0.132. The van der Waals surface area contributed by atoms with Crippen molar-refractivity contribution >= 4 is 5.91 Å². The molecule has 0 fully saturated rings. The number of rotatable bonds is 3. The first-order valence-corrected chi connectivity index (χ1v) is 4.64. The zero-order valence-electron chi connectivity index (χ0n) is 8.76. The van der Waals surface area contributed by atoms with Gasteiger partial charge in [-0.2, -0.15) is 0 Å². The molecule has 74 valence electrons. The van der Waals surface area contributed by atoms with Gasteiger partial charge in [-0.25, -0.2) is 0 Å². The topological polar surface area (TPSA) is 29.5 Å². The summed E-state index contributed by atoms with van der Waals surface area (Å²) in [6.07, 6.45) is 0.832. The molecular weight excluding hydrogens is 166 g/mol. The Morgan fingerprint density at radius 1 is 1.46 bits per heavy atom. The second kappa shape index (κ2) is 3.92. The molecule has 0 bridgehead atoms. The second-order valence-corrected chi connectivity index (χ2v) is 3.39. The van der Waals surface area contributed by atoms with Crippen molar-refractivity contribution in [2.45, 2.75) is 33.4 Å². The molecule has 1 amide bonds. The van der Waals surface area contributed by atoms with Gasteiger partial charge in [0.1, 0.15) is 0 Å². The number of hydrogen-bond donors (Lipinski definition) is 0. The molecule has 3 nitrogen and oxygen atoms in total. The van der Waals surface area contributed by atoms with Crippen molar-refractivity contribution in [1.82, 2.24) is 4.90 Å². The van der Waals surface area contributed by atoms with E-state index in [-0.39, 0.29) is 12.1 Å². The predicted octanol–water partition coefficient (Wildman–Crippen LogP) is 1.55. The summed E-state index contributed by atoms with van der Waals surface area (Å²) in [4.78, 5) is 13.4. The Bertz CT molecular complexity index is 245. The van der Waals surface area contributed by atoms with Gasteiger partial charge >= 0.3 is 0 Å².